The number of nitrogens with zero attached hydrogens (tertiary/aromatic N) is 1. The summed E-state index contributed by atoms with van der Waals surface area (Å²) in [6, 6.07) is 7.82. The fraction of sp³-hybridized carbons (Fsp3) is 0.562. The minimum Gasteiger partial charge on any atom is -0.464 e. The summed E-state index contributed by atoms with van der Waals surface area (Å²) in [6.07, 6.45) is 4.60. The zero-order valence-electron chi connectivity index (χ0n) is 12.1. The van der Waals surface area contributed by atoms with Gasteiger partial charge in [-0.15, -0.1) is 0 Å². The second-order valence-corrected chi connectivity index (χ2v) is 5.58. The van der Waals surface area contributed by atoms with Gasteiger partial charge < -0.3 is 9.64 Å². The van der Waals surface area contributed by atoms with Gasteiger partial charge in [-0.05, 0) is 37.6 Å². The number of unbranched alkanes of at least 4 members (excludes halogenated alkanes) is 2. The Morgan fingerprint density at radius 2 is 1.95 bits per heavy atom. The van der Waals surface area contributed by atoms with Crippen LogP contribution in [0.5, 0.6) is 0 Å². The molecule has 2 rings (SSSR count). The molecule has 1 aromatic rings. The lowest BCUT2D eigenvalue weighted by molar-refractivity contribution is -0.142. The first-order valence-corrected chi connectivity index (χ1v) is 7.77. The molecule has 4 heteroatoms. The first kappa shape index (κ1) is 15.2. The fourth-order valence-corrected chi connectivity index (χ4v) is 2.77. The van der Waals surface area contributed by atoms with E-state index in [2.05, 4.69) is 11.8 Å². The predicted octanol–water partition coefficient (Wildman–Crippen LogP) is 4.04. The second kappa shape index (κ2) is 6.98. The molecule has 0 saturated carbocycles. The molecule has 0 aromatic heterocycles. The van der Waals surface area contributed by atoms with Crippen LogP contribution in [-0.2, 0) is 9.53 Å². The zero-order chi connectivity index (χ0) is 14.5. The summed E-state index contributed by atoms with van der Waals surface area (Å²) in [5, 5.41) is 0.714. The molecule has 1 aromatic carbocycles. The van der Waals surface area contributed by atoms with Gasteiger partial charge in [-0.25, -0.2) is 4.79 Å². The van der Waals surface area contributed by atoms with Crippen LogP contribution in [0.25, 0.3) is 0 Å². The first-order chi connectivity index (χ1) is 9.69. The summed E-state index contributed by atoms with van der Waals surface area (Å²) in [5.41, 5.74) is 1.05. The molecule has 1 heterocycles. The van der Waals surface area contributed by atoms with Gasteiger partial charge in [0.05, 0.1) is 12.6 Å². The summed E-state index contributed by atoms with van der Waals surface area (Å²) >= 11 is 5.91. The van der Waals surface area contributed by atoms with Crippen LogP contribution in [0.2, 0.25) is 5.02 Å². The van der Waals surface area contributed by atoms with E-state index in [1.54, 1.807) is 0 Å². The highest BCUT2D eigenvalue weighted by Gasteiger charge is 2.52. The molecule has 0 aliphatic carbocycles. The average molecular weight is 296 g/mol. The van der Waals surface area contributed by atoms with E-state index in [4.69, 9.17) is 16.3 Å². The van der Waals surface area contributed by atoms with Gasteiger partial charge in [0, 0.05) is 10.7 Å². The van der Waals surface area contributed by atoms with Crippen LogP contribution in [0, 0.1) is 0 Å². The van der Waals surface area contributed by atoms with E-state index in [1.165, 1.54) is 12.8 Å². The van der Waals surface area contributed by atoms with Crippen molar-refractivity contribution in [1.29, 1.82) is 0 Å². The molecule has 3 nitrogen and oxygen atoms in total. The van der Waals surface area contributed by atoms with Crippen molar-refractivity contribution in [2.45, 2.75) is 51.6 Å². The molecule has 0 bridgehead atoms. The standard InChI is InChI=1S/C16H22ClNO2/c1-3-5-6-7-14-15(16(19)20-4-2)18(14)13-10-8-12(17)9-11-13/h8-11,14-15H,3-7H2,1-2H3/t14-,15-,18?/m0/s1. The van der Waals surface area contributed by atoms with Crippen molar-refractivity contribution in [2.24, 2.45) is 0 Å². The third kappa shape index (κ3) is 3.45. The minimum absolute atomic E-state index is 0.107. The Morgan fingerprint density at radius 3 is 2.55 bits per heavy atom. The highest BCUT2D eigenvalue weighted by Crippen LogP contribution is 2.39. The number of hydrogen-bond donors (Lipinski definition) is 0. The Hall–Kier alpha value is -1.22. The molecule has 1 aliphatic rings. The van der Waals surface area contributed by atoms with Crippen LogP contribution in [0.1, 0.15) is 39.5 Å². The van der Waals surface area contributed by atoms with Crippen molar-refractivity contribution in [1.82, 2.24) is 0 Å². The molecule has 20 heavy (non-hydrogen) atoms. The lowest BCUT2D eigenvalue weighted by Gasteiger charge is -2.06. The predicted molar refractivity (Wildman–Crippen MR) is 82.3 cm³/mol. The highest BCUT2D eigenvalue weighted by molar-refractivity contribution is 6.30. The Balaban J connectivity index is 2.04. The maximum Gasteiger partial charge on any atom is 0.330 e. The SMILES string of the molecule is CCCCC[C@H]1[C@@H](C(=O)OCC)N1c1ccc(Cl)cc1. The molecular formula is C16H22ClNO2. The molecule has 0 radical (unpaired) electrons. The van der Waals surface area contributed by atoms with Crippen molar-refractivity contribution in [2.75, 3.05) is 11.5 Å². The molecular weight excluding hydrogens is 274 g/mol. The topological polar surface area (TPSA) is 29.3 Å². The lowest BCUT2D eigenvalue weighted by Crippen LogP contribution is -2.16. The van der Waals surface area contributed by atoms with Crippen molar-refractivity contribution < 1.29 is 9.53 Å². The van der Waals surface area contributed by atoms with Crippen LogP contribution < -0.4 is 4.90 Å². The number of ether oxygens (including phenoxy) is 1. The van der Waals surface area contributed by atoms with Crippen LogP contribution in [0.3, 0.4) is 0 Å². The van der Waals surface area contributed by atoms with E-state index in [-0.39, 0.29) is 18.1 Å². The van der Waals surface area contributed by atoms with Crippen molar-refractivity contribution >= 4 is 23.3 Å². The van der Waals surface area contributed by atoms with Crippen LogP contribution in [0.15, 0.2) is 24.3 Å². The van der Waals surface area contributed by atoms with Crippen LogP contribution in [-0.4, -0.2) is 24.7 Å². The molecule has 1 aliphatic heterocycles. The molecule has 110 valence electrons. The molecule has 0 spiro atoms. The number of halogens is 1. The van der Waals surface area contributed by atoms with Gasteiger partial charge in [-0.3, -0.25) is 0 Å². The van der Waals surface area contributed by atoms with Crippen molar-refractivity contribution in [3.63, 3.8) is 0 Å². The number of hydrogen-bond acceptors (Lipinski definition) is 3. The normalized spacial score (nSPS) is 20.9. The van der Waals surface area contributed by atoms with E-state index in [1.807, 2.05) is 31.2 Å². The summed E-state index contributed by atoms with van der Waals surface area (Å²) in [7, 11) is 0. The third-order valence-corrected chi connectivity index (χ3v) is 3.94. The first-order valence-electron chi connectivity index (χ1n) is 7.39. The summed E-state index contributed by atoms with van der Waals surface area (Å²) in [6.45, 7) is 4.47. The number of esters is 1. The molecule has 2 atom stereocenters. The average Bonchev–Trinajstić information content (AvgIpc) is 3.14. The van der Waals surface area contributed by atoms with Gasteiger partial charge in [0.25, 0.3) is 0 Å². The van der Waals surface area contributed by atoms with E-state index in [0.29, 0.717) is 11.6 Å². The van der Waals surface area contributed by atoms with Crippen LogP contribution >= 0.6 is 11.6 Å². The van der Waals surface area contributed by atoms with Crippen LogP contribution in [0.4, 0.5) is 5.69 Å². The van der Waals surface area contributed by atoms with Gasteiger partial charge in [-0.1, -0.05) is 37.8 Å². The molecule has 0 amide bonds. The molecule has 1 saturated heterocycles. The van der Waals surface area contributed by atoms with Gasteiger partial charge in [0.2, 0.25) is 0 Å². The highest BCUT2D eigenvalue weighted by atomic mass is 35.5. The Morgan fingerprint density at radius 1 is 1.25 bits per heavy atom. The minimum atomic E-state index is -0.118. The third-order valence-electron chi connectivity index (χ3n) is 3.69. The quantitative estimate of drug-likeness (QED) is 0.432. The molecule has 1 fully saturated rings. The zero-order valence-corrected chi connectivity index (χ0v) is 12.9. The molecule has 0 N–H and O–H groups in total. The smallest absolute Gasteiger partial charge is 0.330 e. The number of rotatable bonds is 7. The van der Waals surface area contributed by atoms with E-state index in [0.717, 1.165) is 18.5 Å². The second-order valence-electron chi connectivity index (χ2n) is 5.14. The number of benzene rings is 1. The van der Waals surface area contributed by atoms with Gasteiger partial charge in [-0.2, -0.15) is 0 Å². The Labute approximate surface area is 125 Å². The van der Waals surface area contributed by atoms with E-state index < -0.39 is 0 Å². The largest absolute Gasteiger partial charge is 0.464 e. The maximum atomic E-state index is 12.0. The summed E-state index contributed by atoms with van der Waals surface area (Å²) in [4.78, 5) is 14.2. The monoisotopic (exact) mass is 295 g/mol. The van der Waals surface area contributed by atoms with Gasteiger partial charge in [0.15, 0.2) is 0 Å². The van der Waals surface area contributed by atoms with Crippen molar-refractivity contribution in [3.8, 4) is 0 Å². The van der Waals surface area contributed by atoms with Gasteiger partial charge in [0.1, 0.15) is 6.04 Å². The number of carbonyl (C=O) groups excluding carboxylic acids is 1. The Bertz CT molecular complexity index is 446. The Kier molecular flexibility index (Phi) is 5.30. The maximum absolute atomic E-state index is 12.0. The number of anilines is 1. The van der Waals surface area contributed by atoms with E-state index in [9.17, 15) is 4.79 Å². The summed E-state index contributed by atoms with van der Waals surface area (Å²) in [5.74, 6) is -0.107. The van der Waals surface area contributed by atoms with E-state index >= 15 is 0 Å². The molecule has 0 unspecified atom stereocenters. The lowest BCUT2D eigenvalue weighted by atomic mass is 10.1. The van der Waals surface area contributed by atoms with Crippen molar-refractivity contribution in [3.05, 3.63) is 29.3 Å². The number of carbonyl (C=O) groups is 1. The van der Waals surface area contributed by atoms with Gasteiger partial charge >= 0.3 is 5.97 Å². The summed E-state index contributed by atoms with van der Waals surface area (Å²) < 4.78 is 5.17. The fourth-order valence-electron chi connectivity index (χ4n) is 2.64.